The fraction of sp³-hybridized carbons (Fsp3) is 0.706. The number of carbonyl (C=O) groups is 2. The van der Waals surface area contributed by atoms with E-state index in [0.29, 0.717) is 18.5 Å². The Morgan fingerprint density at radius 3 is 2.39 bits per heavy atom. The van der Waals surface area contributed by atoms with E-state index in [0.717, 1.165) is 51.4 Å². The SMILES string of the molecule is O=C(NC1(C(=O)O)CCCCCC1)c1ccnn1C1CCCC1. The van der Waals surface area contributed by atoms with E-state index in [9.17, 15) is 14.7 Å². The van der Waals surface area contributed by atoms with Crippen LogP contribution in [0.15, 0.2) is 12.3 Å². The van der Waals surface area contributed by atoms with Gasteiger partial charge in [-0.2, -0.15) is 5.10 Å². The Morgan fingerprint density at radius 2 is 1.78 bits per heavy atom. The number of nitrogens with zero attached hydrogens (tertiary/aromatic N) is 2. The number of carboxylic acid groups (broad SMARTS) is 1. The monoisotopic (exact) mass is 319 g/mol. The molecule has 0 unspecified atom stereocenters. The number of aliphatic carboxylic acids is 1. The number of hydrogen-bond acceptors (Lipinski definition) is 3. The molecule has 2 saturated carbocycles. The maximum Gasteiger partial charge on any atom is 0.329 e. The van der Waals surface area contributed by atoms with Crippen LogP contribution >= 0.6 is 0 Å². The smallest absolute Gasteiger partial charge is 0.329 e. The van der Waals surface area contributed by atoms with Crippen molar-refractivity contribution in [1.29, 1.82) is 0 Å². The van der Waals surface area contributed by atoms with E-state index in [-0.39, 0.29) is 11.9 Å². The van der Waals surface area contributed by atoms with Gasteiger partial charge in [0.05, 0.1) is 6.04 Å². The van der Waals surface area contributed by atoms with Crippen LogP contribution in [0.4, 0.5) is 0 Å². The van der Waals surface area contributed by atoms with Crippen LogP contribution in [0.3, 0.4) is 0 Å². The molecule has 2 aliphatic rings. The zero-order valence-electron chi connectivity index (χ0n) is 13.5. The summed E-state index contributed by atoms with van der Waals surface area (Å²) in [7, 11) is 0. The van der Waals surface area contributed by atoms with Gasteiger partial charge in [-0.15, -0.1) is 0 Å². The number of nitrogens with one attached hydrogen (secondary N) is 1. The maximum atomic E-state index is 12.7. The molecular formula is C17H25N3O3. The molecule has 1 amide bonds. The topological polar surface area (TPSA) is 84.2 Å². The molecule has 0 bridgehead atoms. The lowest BCUT2D eigenvalue weighted by Gasteiger charge is -2.29. The first kappa shape index (κ1) is 16.0. The molecule has 6 nitrogen and oxygen atoms in total. The van der Waals surface area contributed by atoms with Crippen molar-refractivity contribution >= 4 is 11.9 Å². The number of rotatable bonds is 4. The molecule has 0 aromatic carbocycles. The molecule has 2 aliphatic carbocycles. The van der Waals surface area contributed by atoms with Crippen molar-refractivity contribution in [3.63, 3.8) is 0 Å². The highest BCUT2D eigenvalue weighted by molar-refractivity contribution is 5.96. The third kappa shape index (κ3) is 3.26. The normalized spacial score (nSPS) is 21.7. The van der Waals surface area contributed by atoms with Crippen molar-refractivity contribution in [3.8, 4) is 0 Å². The van der Waals surface area contributed by atoms with E-state index in [2.05, 4.69) is 10.4 Å². The second kappa shape index (κ2) is 6.72. The highest BCUT2D eigenvalue weighted by Gasteiger charge is 2.40. The lowest BCUT2D eigenvalue weighted by Crippen LogP contribution is -2.54. The van der Waals surface area contributed by atoms with Gasteiger partial charge in [0.2, 0.25) is 0 Å². The van der Waals surface area contributed by atoms with Crippen molar-refractivity contribution in [2.24, 2.45) is 0 Å². The van der Waals surface area contributed by atoms with E-state index < -0.39 is 11.5 Å². The zero-order chi connectivity index (χ0) is 16.3. The first-order chi connectivity index (χ1) is 11.1. The lowest BCUT2D eigenvalue weighted by molar-refractivity contribution is -0.145. The number of carboxylic acids is 1. The summed E-state index contributed by atoms with van der Waals surface area (Å²) < 4.78 is 1.79. The first-order valence-corrected chi connectivity index (χ1v) is 8.72. The molecule has 6 heteroatoms. The Labute approximate surface area is 136 Å². The van der Waals surface area contributed by atoms with Crippen molar-refractivity contribution in [1.82, 2.24) is 15.1 Å². The molecule has 3 rings (SSSR count). The number of carbonyl (C=O) groups excluding carboxylic acids is 1. The van der Waals surface area contributed by atoms with E-state index in [4.69, 9.17) is 0 Å². The van der Waals surface area contributed by atoms with Crippen LogP contribution in [0.1, 0.15) is 80.7 Å². The first-order valence-electron chi connectivity index (χ1n) is 8.72. The summed E-state index contributed by atoms with van der Waals surface area (Å²) in [5.41, 5.74) is -0.639. The third-order valence-electron chi connectivity index (χ3n) is 5.29. The molecule has 0 aliphatic heterocycles. The molecular weight excluding hydrogens is 294 g/mol. The second-order valence-electron chi connectivity index (χ2n) is 6.85. The van der Waals surface area contributed by atoms with Crippen LogP contribution in [0.25, 0.3) is 0 Å². The van der Waals surface area contributed by atoms with Crippen LogP contribution in [0.2, 0.25) is 0 Å². The van der Waals surface area contributed by atoms with Crippen molar-refractivity contribution in [2.45, 2.75) is 75.8 Å². The van der Waals surface area contributed by atoms with E-state index >= 15 is 0 Å². The quantitative estimate of drug-likeness (QED) is 0.836. The fourth-order valence-corrected chi connectivity index (χ4v) is 3.94. The summed E-state index contributed by atoms with van der Waals surface area (Å²) >= 11 is 0. The summed E-state index contributed by atoms with van der Waals surface area (Å²) in [5.74, 6) is -1.22. The maximum absolute atomic E-state index is 12.7. The highest BCUT2D eigenvalue weighted by atomic mass is 16.4. The van der Waals surface area contributed by atoms with Gasteiger partial charge in [-0.05, 0) is 31.7 Å². The predicted molar refractivity (Wildman–Crippen MR) is 85.3 cm³/mol. The Balaban J connectivity index is 1.79. The van der Waals surface area contributed by atoms with Crippen LogP contribution in [-0.4, -0.2) is 32.3 Å². The molecule has 0 spiro atoms. The van der Waals surface area contributed by atoms with E-state index in [1.807, 2.05) is 0 Å². The van der Waals surface area contributed by atoms with Crippen molar-refractivity contribution in [3.05, 3.63) is 18.0 Å². The Kier molecular flexibility index (Phi) is 4.68. The predicted octanol–water partition coefficient (Wildman–Crippen LogP) is 2.91. The van der Waals surface area contributed by atoms with Gasteiger partial charge in [-0.25, -0.2) is 4.79 Å². The molecule has 1 aromatic heterocycles. The average molecular weight is 319 g/mol. The summed E-state index contributed by atoms with van der Waals surface area (Å²) in [6.45, 7) is 0. The number of hydrogen-bond donors (Lipinski definition) is 2. The van der Waals surface area contributed by atoms with Crippen molar-refractivity contribution < 1.29 is 14.7 Å². The largest absolute Gasteiger partial charge is 0.480 e. The molecule has 126 valence electrons. The molecule has 1 aromatic rings. The third-order valence-corrected chi connectivity index (χ3v) is 5.29. The van der Waals surface area contributed by atoms with Gasteiger partial charge >= 0.3 is 5.97 Å². The summed E-state index contributed by atoms with van der Waals surface area (Å²) in [5, 5.41) is 16.8. The molecule has 1 heterocycles. The minimum atomic E-state index is -1.13. The summed E-state index contributed by atoms with van der Waals surface area (Å²) in [6.07, 6.45) is 10.8. The minimum absolute atomic E-state index is 0.265. The van der Waals surface area contributed by atoms with Crippen LogP contribution in [0.5, 0.6) is 0 Å². The van der Waals surface area contributed by atoms with E-state index in [1.54, 1.807) is 16.9 Å². The molecule has 0 saturated heterocycles. The fourth-order valence-electron chi connectivity index (χ4n) is 3.94. The highest BCUT2D eigenvalue weighted by Crippen LogP contribution is 2.31. The van der Waals surface area contributed by atoms with Gasteiger partial charge in [0.25, 0.3) is 5.91 Å². The van der Waals surface area contributed by atoms with Gasteiger partial charge in [0, 0.05) is 6.20 Å². The number of aromatic nitrogens is 2. The zero-order valence-corrected chi connectivity index (χ0v) is 13.5. The standard InChI is InChI=1S/C17H25N3O3/c21-15(14-9-12-18-20(14)13-7-3-4-8-13)19-17(16(22)23)10-5-1-2-6-11-17/h9,12-13H,1-8,10-11H2,(H,19,21)(H,22,23). The minimum Gasteiger partial charge on any atom is -0.480 e. The molecule has 2 fully saturated rings. The Bertz CT molecular complexity index is 567. The van der Waals surface area contributed by atoms with Crippen LogP contribution < -0.4 is 5.32 Å². The van der Waals surface area contributed by atoms with Gasteiger partial charge in [-0.3, -0.25) is 9.48 Å². The van der Waals surface area contributed by atoms with Gasteiger partial charge < -0.3 is 10.4 Å². The Morgan fingerprint density at radius 1 is 1.13 bits per heavy atom. The van der Waals surface area contributed by atoms with Gasteiger partial charge in [0.1, 0.15) is 11.2 Å². The number of amides is 1. The van der Waals surface area contributed by atoms with Crippen molar-refractivity contribution in [2.75, 3.05) is 0 Å². The lowest BCUT2D eigenvalue weighted by atomic mass is 9.90. The van der Waals surface area contributed by atoms with Crippen LogP contribution in [0, 0.1) is 0 Å². The van der Waals surface area contributed by atoms with Gasteiger partial charge in [0.15, 0.2) is 0 Å². The molecule has 2 N–H and O–H groups in total. The molecule has 0 atom stereocenters. The molecule has 0 radical (unpaired) electrons. The average Bonchev–Trinajstić information content (AvgIpc) is 3.15. The summed E-state index contributed by atoms with van der Waals surface area (Å²) in [6, 6.07) is 1.96. The summed E-state index contributed by atoms with van der Waals surface area (Å²) in [4.78, 5) is 24.6. The van der Waals surface area contributed by atoms with E-state index in [1.165, 1.54) is 0 Å². The molecule has 23 heavy (non-hydrogen) atoms. The van der Waals surface area contributed by atoms with Crippen LogP contribution in [-0.2, 0) is 4.79 Å². The van der Waals surface area contributed by atoms with Gasteiger partial charge in [-0.1, -0.05) is 38.5 Å². The second-order valence-corrected chi connectivity index (χ2v) is 6.85. The Hall–Kier alpha value is -1.85.